The predicted octanol–water partition coefficient (Wildman–Crippen LogP) is 2.95. The summed E-state index contributed by atoms with van der Waals surface area (Å²) in [4.78, 5) is 22.6. The third-order valence-corrected chi connectivity index (χ3v) is 2.94. The molecule has 0 saturated carbocycles. The number of benzene rings is 1. The zero-order valence-electron chi connectivity index (χ0n) is 10.5. The third kappa shape index (κ3) is 5.94. The van der Waals surface area contributed by atoms with Crippen molar-refractivity contribution in [3.05, 3.63) is 33.8 Å². The monoisotopic (exact) mass is 303 g/mol. The molecule has 1 N–H and O–H groups in total. The van der Waals surface area contributed by atoms with Crippen molar-refractivity contribution in [1.29, 1.82) is 0 Å². The van der Waals surface area contributed by atoms with E-state index in [9.17, 15) is 9.59 Å². The highest BCUT2D eigenvalue weighted by atomic mass is 35.5. The van der Waals surface area contributed by atoms with Crippen LogP contribution in [-0.4, -0.2) is 18.5 Å². The fourth-order valence-electron chi connectivity index (χ4n) is 1.40. The van der Waals surface area contributed by atoms with Gasteiger partial charge < -0.3 is 10.1 Å². The predicted molar refractivity (Wildman–Crippen MR) is 74.2 cm³/mol. The maximum atomic E-state index is 11.5. The summed E-state index contributed by atoms with van der Waals surface area (Å²) >= 11 is 11.7. The van der Waals surface area contributed by atoms with Crippen molar-refractivity contribution in [3.8, 4) is 0 Å². The lowest BCUT2D eigenvalue weighted by Crippen LogP contribution is -2.23. The maximum Gasteiger partial charge on any atom is 0.306 e. The van der Waals surface area contributed by atoms with Crippen molar-refractivity contribution in [1.82, 2.24) is 5.32 Å². The van der Waals surface area contributed by atoms with Gasteiger partial charge in [-0.15, -0.1) is 0 Å². The van der Waals surface area contributed by atoms with Crippen LogP contribution in [0, 0.1) is 0 Å². The van der Waals surface area contributed by atoms with Crippen LogP contribution in [0.4, 0.5) is 0 Å². The minimum absolute atomic E-state index is 0.0774. The number of nitrogens with one attached hydrogen (secondary N) is 1. The quantitative estimate of drug-likeness (QED) is 0.822. The van der Waals surface area contributed by atoms with E-state index in [0.717, 1.165) is 5.56 Å². The standard InChI is InChI=1S/C13H15Cl2NO3/c1-2-19-13(18)6-5-12(17)16-8-9-3-4-10(14)7-11(9)15/h3-4,7H,2,5-6,8H2,1H3,(H,16,17). The fourth-order valence-corrected chi connectivity index (χ4v) is 1.87. The highest BCUT2D eigenvalue weighted by Crippen LogP contribution is 2.20. The van der Waals surface area contributed by atoms with Crippen LogP contribution in [0.15, 0.2) is 18.2 Å². The van der Waals surface area contributed by atoms with E-state index < -0.39 is 0 Å². The van der Waals surface area contributed by atoms with Gasteiger partial charge in [-0.05, 0) is 24.6 Å². The van der Waals surface area contributed by atoms with Gasteiger partial charge in [0.05, 0.1) is 13.0 Å². The molecular weight excluding hydrogens is 289 g/mol. The Morgan fingerprint density at radius 3 is 2.63 bits per heavy atom. The number of esters is 1. The van der Waals surface area contributed by atoms with Crippen LogP contribution in [0.5, 0.6) is 0 Å². The number of carbonyl (C=O) groups excluding carboxylic acids is 2. The summed E-state index contributed by atoms with van der Waals surface area (Å²) in [6, 6.07) is 5.06. The lowest BCUT2D eigenvalue weighted by atomic mass is 10.2. The fraction of sp³-hybridized carbons (Fsp3) is 0.385. The van der Waals surface area contributed by atoms with Gasteiger partial charge in [0.1, 0.15) is 0 Å². The maximum absolute atomic E-state index is 11.5. The van der Waals surface area contributed by atoms with Crippen LogP contribution in [0.25, 0.3) is 0 Å². The molecule has 0 saturated heterocycles. The zero-order valence-corrected chi connectivity index (χ0v) is 12.1. The minimum Gasteiger partial charge on any atom is -0.466 e. The summed E-state index contributed by atoms with van der Waals surface area (Å²) in [5.74, 6) is -0.596. The second kappa shape index (κ2) is 8.02. The van der Waals surface area contributed by atoms with E-state index in [4.69, 9.17) is 27.9 Å². The Balaban J connectivity index is 2.36. The van der Waals surface area contributed by atoms with E-state index in [-0.39, 0.29) is 24.7 Å². The molecule has 0 aliphatic rings. The summed E-state index contributed by atoms with van der Waals surface area (Å²) in [5.41, 5.74) is 0.774. The SMILES string of the molecule is CCOC(=O)CCC(=O)NCc1ccc(Cl)cc1Cl. The molecule has 0 spiro atoms. The first-order valence-electron chi connectivity index (χ1n) is 5.89. The van der Waals surface area contributed by atoms with Gasteiger partial charge in [0.15, 0.2) is 0 Å². The number of ether oxygens (including phenoxy) is 1. The second-order valence-electron chi connectivity index (χ2n) is 3.82. The first kappa shape index (κ1) is 15.8. The van der Waals surface area contributed by atoms with Crippen molar-refractivity contribution < 1.29 is 14.3 Å². The Labute approximate surface area is 122 Å². The van der Waals surface area contributed by atoms with Gasteiger partial charge >= 0.3 is 5.97 Å². The first-order valence-corrected chi connectivity index (χ1v) is 6.64. The van der Waals surface area contributed by atoms with Crippen molar-refractivity contribution in [2.24, 2.45) is 0 Å². The van der Waals surface area contributed by atoms with Crippen LogP contribution in [-0.2, 0) is 20.9 Å². The summed E-state index contributed by atoms with van der Waals surface area (Å²) in [6.45, 7) is 2.35. The van der Waals surface area contributed by atoms with Crippen molar-refractivity contribution in [2.75, 3.05) is 6.61 Å². The van der Waals surface area contributed by atoms with Gasteiger partial charge in [-0.3, -0.25) is 9.59 Å². The molecule has 6 heteroatoms. The molecule has 4 nitrogen and oxygen atoms in total. The molecule has 104 valence electrons. The molecule has 0 aromatic heterocycles. The van der Waals surface area contributed by atoms with Gasteiger partial charge in [-0.1, -0.05) is 29.3 Å². The molecule has 0 radical (unpaired) electrons. The summed E-state index contributed by atoms with van der Waals surface area (Å²) in [7, 11) is 0. The lowest BCUT2D eigenvalue weighted by molar-refractivity contribution is -0.144. The molecule has 19 heavy (non-hydrogen) atoms. The van der Waals surface area contributed by atoms with Gasteiger partial charge in [-0.2, -0.15) is 0 Å². The molecule has 1 rings (SSSR count). The van der Waals surface area contributed by atoms with Gasteiger partial charge in [-0.25, -0.2) is 0 Å². The van der Waals surface area contributed by atoms with Crippen LogP contribution in [0.3, 0.4) is 0 Å². The minimum atomic E-state index is -0.373. The molecule has 0 atom stereocenters. The lowest BCUT2D eigenvalue weighted by Gasteiger charge is -2.07. The van der Waals surface area contributed by atoms with E-state index in [2.05, 4.69) is 5.32 Å². The molecule has 0 unspecified atom stereocenters. The first-order chi connectivity index (χ1) is 9.02. The van der Waals surface area contributed by atoms with E-state index in [1.165, 1.54) is 0 Å². The van der Waals surface area contributed by atoms with Crippen molar-refractivity contribution >= 4 is 35.1 Å². The molecular formula is C13H15Cl2NO3. The summed E-state index contributed by atoms with van der Waals surface area (Å²) in [6.07, 6.45) is 0.179. The summed E-state index contributed by atoms with van der Waals surface area (Å²) < 4.78 is 4.73. The number of amides is 1. The molecule has 1 aromatic carbocycles. The molecule has 1 amide bonds. The van der Waals surface area contributed by atoms with Gasteiger partial charge in [0.2, 0.25) is 5.91 Å². The zero-order chi connectivity index (χ0) is 14.3. The van der Waals surface area contributed by atoms with Crippen molar-refractivity contribution in [2.45, 2.75) is 26.3 Å². The highest BCUT2D eigenvalue weighted by molar-refractivity contribution is 6.35. The molecule has 0 aliphatic carbocycles. The van der Waals surface area contributed by atoms with E-state index in [1.54, 1.807) is 25.1 Å². The average Bonchev–Trinajstić information content (AvgIpc) is 2.35. The van der Waals surface area contributed by atoms with Crippen LogP contribution >= 0.6 is 23.2 Å². The molecule has 1 aromatic rings. The van der Waals surface area contributed by atoms with E-state index in [0.29, 0.717) is 23.2 Å². The average molecular weight is 304 g/mol. The Kier molecular flexibility index (Phi) is 6.67. The number of rotatable bonds is 6. The van der Waals surface area contributed by atoms with Crippen molar-refractivity contribution in [3.63, 3.8) is 0 Å². The Morgan fingerprint density at radius 2 is 2.00 bits per heavy atom. The van der Waals surface area contributed by atoms with Gasteiger partial charge in [0.25, 0.3) is 0 Å². The summed E-state index contributed by atoms with van der Waals surface area (Å²) in [5, 5.41) is 3.72. The normalized spacial score (nSPS) is 10.1. The smallest absolute Gasteiger partial charge is 0.306 e. The molecule has 0 aliphatic heterocycles. The Hall–Kier alpha value is -1.26. The topological polar surface area (TPSA) is 55.4 Å². The van der Waals surface area contributed by atoms with E-state index >= 15 is 0 Å². The molecule has 0 fully saturated rings. The van der Waals surface area contributed by atoms with E-state index in [1.807, 2.05) is 0 Å². The Bertz CT molecular complexity index is 463. The van der Waals surface area contributed by atoms with Crippen LogP contribution in [0.1, 0.15) is 25.3 Å². The number of halogens is 2. The Morgan fingerprint density at radius 1 is 1.26 bits per heavy atom. The number of carbonyl (C=O) groups is 2. The third-order valence-electron chi connectivity index (χ3n) is 2.35. The largest absolute Gasteiger partial charge is 0.466 e. The highest BCUT2D eigenvalue weighted by Gasteiger charge is 2.08. The number of hydrogen-bond donors (Lipinski definition) is 1. The molecule has 0 bridgehead atoms. The second-order valence-corrected chi connectivity index (χ2v) is 4.66. The van der Waals surface area contributed by atoms with Crippen LogP contribution in [0.2, 0.25) is 10.0 Å². The van der Waals surface area contributed by atoms with Crippen LogP contribution < -0.4 is 5.32 Å². The number of hydrogen-bond acceptors (Lipinski definition) is 3. The molecule has 0 heterocycles. The van der Waals surface area contributed by atoms with Gasteiger partial charge in [0, 0.05) is 23.0 Å².